The first-order valence-corrected chi connectivity index (χ1v) is 9.27. The first-order valence-electron chi connectivity index (χ1n) is 7.38. The molecule has 1 aromatic heterocycles. The third kappa shape index (κ3) is 4.13. The fraction of sp³-hybridized carbons (Fsp3) is 0.412. The van der Waals surface area contributed by atoms with Gasteiger partial charge in [0, 0.05) is 18.6 Å². The molecule has 2 aromatic rings. The molecule has 0 radical (unpaired) electrons. The molecule has 1 aromatic carbocycles. The summed E-state index contributed by atoms with van der Waals surface area (Å²) in [5, 5.41) is 0. The van der Waals surface area contributed by atoms with E-state index in [1.807, 2.05) is 18.5 Å². The van der Waals surface area contributed by atoms with Crippen LogP contribution in [-0.4, -0.2) is 24.6 Å². The van der Waals surface area contributed by atoms with Gasteiger partial charge >= 0.3 is 0 Å². The summed E-state index contributed by atoms with van der Waals surface area (Å²) in [4.78, 5) is 9.24. The smallest absolute Gasteiger partial charge is 0.175 e. The Labute approximate surface area is 132 Å². The van der Waals surface area contributed by atoms with Crippen LogP contribution in [0.4, 0.5) is 0 Å². The quantitative estimate of drug-likeness (QED) is 0.848. The molecule has 0 bridgehead atoms. The van der Waals surface area contributed by atoms with Gasteiger partial charge in [-0.2, -0.15) is 0 Å². The Morgan fingerprint density at radius 2 is 1.82 bits per heavy atom. The zero-order valence-electron chi connectivity index (χ0n) is 13.4. The van der Waals surface area contributed by atoms with Crippen LogP contribution in [-0.2, 0) is 16.3 Å². The standard InChI is InChI=1S/C17H22N2O2S/c1-12(2)17-11-18-15(10-19-17)8-13(3)14-6-5-7-16(9-14)22(4,20)21/h5-7,9-13H,8H2,1-4H3/t13-/m0/s1. The van der Waals surface area contributed by atoms with Gasteiger partial charge in [0.1, 0.15) is 0 Å². The molecule has 0 spiro atoms. The van der Waals surface area contributed by atoms with Crippen LogP contribution < -0.4 is 0 Å². The van der Waals surface area contributed by atoms with E-state index >= 15 is 0 Å². The Morgan fingerprint density at radius 1 is 1.09 bits per heavy atom. The molecule has 0 fully saturated rings. The van der Waals surface area contributed by atoms with Crippen molar-refractivity contribution in [2.24, 2.45) is 0 Å². The molecular formula is C17H22N2O2S. The summed E-state index contributed by atoms with van der Waals surface area (Å²) in [6.07, 6.45) is 5.59. The normalized spacial score (nSPS) is 13.3. The average Bonchev–Trinajstić information content (AvgIpc) is 2.47. The second kappa shape index (κ2) is 6.57. The van der Waals surface area contributed by atoms with Crippen LogP contribution in [0.1, 0.15) is 49.6 Å². The summed E-state index contributed by atoms with van der Waals surface area (Å²) in [5.74, 6) is 0.548. The average molecular weight is 318 g/mol. The number of sulfone groups is 1. The molecule has 2 rings (SSSR count). The molecule has 1 atom stereocenters. The van der Waals surface area contributed by atoms with Gasteiger partial charge in [-0.15, -0.1) is 0 Å². The Hall–Kier alpha value is -1.75. The molecule has 0 aliphatic carbocycles. The predicted molar refractivity (Wildman–Crippen MR) is 87.8 cm³/mol. The Kier molecular flexibility index (Phi) is 4.96. The van der Waals surface area contributed by atoms with E-state index in [0.29, 0.717) is 10.8 Å². The van der Waals surface area contributed by atoms with Crippen molar-refractivity contribution in [3.05, 3.63) is 53.6 Å². The lowest BCUT2D eigenvalue weighted by Crippen LogP contribution is -2.04. The van der Waals surface area contributed by atoms with Crippen molar-refractivity contribution in [2.45, 2.75) is 43.9 Å². The second-order valence-corrected chi connectivity index (χ2v) is 8.05. The van der Waals surface area contributed by atoms with E-state index in [1.54, 1.807) is 18.2 Å². The number of hydrogen-bond donors (Lipinski definition) is 0. The summed E-state index contributed by atoms with van der Waals surface area (Å²) >= 11 is 0. The van der Waals surface area contributed by atoms with E-state index < -0.39 is 9.84 Å². The van der Waals surface area contributed by atoms with E-state index in [0.717, 1.165) is 23.4 Å². The fourth-order valence-corrected chi connectivity index (χ4v) is 2.93. The molecule has 0 amide bonds. The lowest BCUT2D eigenvalue weighted by molar-refractivity contribution is 0.601. The molecule has 5 heteroatoms. The fourth-order valence-electron chi connectivity index (χ4n) is 2.25. The van der Waals surface area contributed by atoms with E-state index in [2.05, 4.69) is 30.7 Å². The summed E-state index contributed by atoms with van der Waals surface area (Å²) in [6, 6.07) is 7.11. The van der Waals surface area contributed by atoms with E-state index in [-0.39, 0.29) is 5.92 Å². The lowest BCUT2D eigenvalue weighted by atomic mass is 9.96. The molecule has 0 saturated carbocycles. The molecule has 0 aliphatic rings. The van der Waals surface area contributed by atoms with Gasteiger partial charge in [-0.3, -0.25) is 9.97 Å². The maximum absolute atomic E-state index is 11.6. The third-order valence-corrected chi connectivity index (χ3v) is 4.80. The van der Waals surface area contributed by atoms with Crippen molar-refractivity contribution in [3.63, 3.8) is 0 Å². The molecule has 22 heavy (non-hydrogen) atoms. The Balaban J connectivity index is 2.17. The molecule has 0 aliphatic heterocycles. The van der Waals surface area contributed by atoms with Crippen LogP contribution in [0.15, 0.2) is 41.6 Å². The number of aromatic nitrogens is 2. The molecule has 0 unspecified atom stereocenters. The van der Waals surface area contributed by atoms with Gasteiger partial charge in [-0.05, 0) is 36.0 Å². The van der Waals surface area contributed by atoms with Crippen molar-refractivity contribution in [1.29, 1.82) is 0 Å². The number of hydrogen-bond acceptors (Lipinski definition) is 4. The van der Waals surface area contributed by atoms with E-state index in [4.69, 9.17) is 0 Å². The first-order chi connectivity index (χ1) is 10.3. The zero-order valence-corrected chi connectivity index (χ0v) is 14.3. The maximum Gasteiger partial charge on any atom is 0.175 e. The SMILES string of the molecule is CC(C)c1cnc(C[C@H](C)c2cccc(S(C)(=O)=O)c2)cn1. The van der Waals surface area contributed by atoms with Gasteiger partial charge in [0.05, 0.1) is 16.3 Å². The highest BCUT2D eigenvalue weighted by molar-refractivity contribution is 7.90. The van der Waals surface area contributed by atoms with Gasteiger partial charge in [0.25, 0.3) is 0 Å². The van der Waals surface area contributed by atoms with Crippen molar-refractivity contribution in [3.8, 4) is 0 Å². The van der Waals surface area contributed by atoms with Crippen LogP contribution >= 0.6 is 0 Å². The van der Waals surface area contributed by atoms with Gasteiger partial charge in [0.15, 0.2) is 9.84 Å². The van der Waals surface area contributed by atoms with Gasteiger partial charge in [0.2, 0.25) is 0 Å². The van der Waals surface area contributed by atoms with Crippen molar-refractivity contribution >= 4 is 9.84 Å². The predicted octanol–water partition coefficient (Wildman–Crippen LogP) is 3.35. The summed E-state index contributed by atoms with van der Waals surface area (Å²) in [5.41, 5.74) is 2.90. The molecule has 0 saturated heterocycles. The van der Waals surface area contributed by atoms with Crippen molar-refractivity contribution in [2.75, 3.05) is 6.26 Å². The number of benzene rings is 1. The lowest BCUT2D eigenvalue weighted by Gasteiger charge is -2.13. The topological polar surface area (TPSA) is 59.9 Å². The minimum absolute atomic E-state index is 0.181. The van der Waals surface area contributed by atoms with Crippen LogP contribution in [0.25, 0.3) is 0 Å². The van der Waals surface area contributed by atoms with Crippen molar-refractivity contribution in [1.82, 2.24) is 9.97 Å². The molecular weight excluding hydrogens is 296 g/mol. The summed E-state index contributed by atoms with van der Waals surface area (Å²) < 4.78 is 23.3. The minimum atomic E-state index is -3.17. The molecule has 4 nitrogen and oxygen atoms in total. The summed E-state index contributed by atoms with van der Waals surface area (Å²) in [7, 11) is -3.17. The zero-order chi connectivity index (χ0) is 16.3. The molecule has 1 heterocycles. The highest BCUT2D eigenvalue weighted by Crippen LogP contribution is 2.22. The summed E-state index contributed by atoms with van der Waals surface area (Å²) in [6.45, 7) is 6.24. The van der Waals surface area contributed by atoms with Gasteiger partial charge in [-0.25, -0.2) is 8.42 Å². The highest BCUT2D eigenvalue weighted by Gasteiger charge is 2.13. The maximum atomic E-state index is 11.6. The monoisotopic (exact) mass is 318 g/mol. The minimum Gasteiger partial charge on any atom is -0.258 e. The first kappa shape index (κ1) is 16.6. The molecule has 118 valence electrons. The van der Waals surface area contributed by atoms with E-state index in [1.165, 1.54) is 6.26 Å². The largest absolute Gasteiger partial charge is 0.258 e. The van der Waals surface area contributed by atoms with Crippen molar-refractivity contribution < 1.29 is 8.42 Å². The number of rotatable bonds is 5. The van der Waals surface area contributed by atoms with Crippen LogP contribution in [0.3, 0.4) is 0 Å². The Bertz CT molecular complexity index is 738. The Morgan fingerprint density at radius 3 is 2.36 bits per heavy atom. The van der Waals surface area contributed by atoms with Crippen LogP contribution in [0.5, 0.6) is 0 Å². The molecule has 0 N–H and O–H groups in total. The van der Waals surface area contributed by atoms with Gasteiger partial charge in [-0.1, -0.05) is 32.9 Å². The second-order valence-electron chi connectivity index (χ2n) is 6.04. The van der Waals surface area contributed by atoms with E-state index in [9.17, 15) is 8.42 Å². The number of nitrogens with zero attached hydrogens (tertiary/aromatic N) is 2. The van der Waals surface area contributed by atoms with Crippen LogP contribution in [0, 0.1) is 0 Å². The van der Waals surface area contributed by atoms with Gasteiger partial charge < -0.3 is 0 Å². The highest BCUT2D eigenvalue weighted by atomic mass is 32.2. The third-order valence-electron chi connectivity index (χ3n) is 3.69. The van der Waals surface area contributed by atoms with Crippen LogP contribution in [0.2, 0.25) is 0 Å².